The molecule has 2 aromatic rings. The zero-order chi connectivity index (χ0) is 16.8. The van der Waals surface area contributed by atoms with Crippen LogP contribution in [0.15, 0.2) is 35.3 Å². The Morgan fingerprint density at radius 1 is 1.13 bits per heavy atom. The third-order valence-corrected chi connectivity index (χ3v) is 4.06. The summed E-state index contributed by atoms with van der Waals surface area (Å²) in [6.45, 7) is 0. The lowest BCUT2D eigenvalue weighted by Gasteiger charge is -2.26. The lowest BCUT2D eigenvalue weighted by atomic mass is 9.86. The smallest absolute Gasteiger partial charge is 0.177 e. The summed E-state index contributed by atoms with van der Waals surface area (Å²) in [6.07, 6.45) is 0. The Bertz CT molecular complexity index is 825. The summed E-state index contributed by atoms with van der Waals surface area (Å²) < 4.78 is 24.8. The lowest BCUT2D eigenvalue weighted by molar-refractivity contribution is 0.153. The fourth-order valence-corrected chi connectivity index (χ4v) is 2.83. The summed E-state index contributed by atoms with van der Waals surface area (Å²) in [5, 5.41) is 11.5. The van der Waals surface area contributed by atoms with Crippen molar-refractivity contribution in [2.75, 3.05) is 14.2 Å². The molecule has 0 aliphatic carbocycles. The summed E-state index contributed by atoms with van der Waals surface area (Å²) in [5.41, 5.74) is 4.63. The number of amidine groups is 1. The van der Waals surface area contributed by atoms with Gasteiger partial charge in [0.15, 0.2) is 17.1 Å². The van der Waals surface area contributed by atoms with Crippen LogP contribution in [0.3, 0.4) is 0 Å². The Labute approximate surface area is 137 Å². The van der Waals surface area contributed by atoms with Crippen molar-refractivity contribution < 1.29 is 19.0 Å². The van der Waals surface area contributed by atoms with Crippen LogP contribution in [-0.2, 0) is 5.60 Å². The van der Waals surface area contributed by atoms with E-state index >= 15 is 0 Å². The number of ether oxygens (including phenoxy) is 2. The van der Waals surface area contributed by atoms with E-state index in [-0.39, 0.29) is 22.9 Å². The molecule has 1 aliphatic heterocycles. The first kappa shape index (κ1) is 15.6. The Morgan fingerprint density at radius 2 is 1.78 bits per heavy atom. The molecule has 0 saturated carbocycles. The highest BCUT2D eigenvalue weighted by Gasteiger charge is 2.45. The van der Waals surface area contributed by atoms with Crippen LogP contribution in [-0.4, -0.2) is 25.2 Å². The van der Waals surface area contributed by atoms with Crippen LogP contribution < -0.4 is 15.2 Å². The van der Waals surface area contributed by atoms with E-state index in [2.05, 4.69) is 4.99 Å². The molecule has 1 unspecified atom stereocenters. The third kappa shape index (κ3) is 2.22. The molecule has 3 rings (SSSR count). The van der Waals surface area contributed by atoms with Gasteiger partial charge in [0, 0.05) is 22.2 Å². The average molecular weight is 337 g/mol. The molecule has 2 aromatic carbocycles. The van der Waals surface area contributed by atoms with Crippen molar-refractivity contribution >= 4 is 23.1 Å². The Morgan fingerprint density at radius 3 is 2.43 bits per heavy atom. The lowest BCUT2D eigenvalue weighted by Crippen LogP contribution is -2.40. The molecule has 0 radical (unpaired) electrons. The highest BCUT2D eigenvalue weighted by molar-refractivity contribution is 6.30. The number of nitrogens with two attached hydrogens (primary N) is 1. The monoisotopic (exact) mass is 336 g/mol. The van der Waals surface area contributed by atoms with E-state index in [1.54, 1.807) is 12.1 Å². The van der Waals surface area contributed by atoms with Crippen molar-refractivity contribution in [3.8, 4) is 11.5 Å². The summed E-state index contributed by atoms with van der Waals surface area (Å²) >= 11 is 5.99. The quantitative estimate of drug-likeness (QED) is 0.903. The molecule has 0 saturated heterocycles. The van der Waals surface area contributed by atoms with Crippen molar-refractivity contribution in [2.24, 2.45) is 10.7 Å². The number of rotatable bonds is 3. The van der Waals surface area contributed by atoms with Crippen molar-refractivity contribution in [2.45, 2.75) is 5.60 Å². The van der Waals surface area contributed by atoms with Crippen molar-refractivity contribution in [3.63, 3.8) is 0 Å². The van der Waals surface area contributed by atoms with Gasteiger partial charge in [0.1, 0.15) is 11.7 Å². The third-order valence-electron chi connectivity index (χ3n) is 3.82. The van der Waals surface area contributed by atoms with E-state index in [1.165, 1.54) is 26.4 Å². The molecule has 1 heterocycles. The van der Waals surface area contributed by atoms with Gasteiger partial charge in [0.2, 0.25) is 0 Å². The van der Waals surface area contributed by atoms with Gasteiger partial charge >= 0.3 is 0 Å². The van der Waals surface area contributed by atoms with Crippen LogP contribution in [0.4, 0.5) is 10.1 Å². The molecule has 5 nitrogen and oxygen atoms in total. The second-order valence-corrected chi connectivity index (χ2v) is 5.49. The van der Waals surface area contributed by atoms with Crippen LogP contribution >= 0.6 is 11.6 Å². The molecule has 0 bridgehead atoms. The van der Waals surface area contributed by atoms with Crippen molar-refractivity contribution in [3.05, 3.63) is 52.3 Å². The van der Waals surface area contributed by atoms with Gasteiger partial charge < -0.3 is 20.3 Å². The number of nitrogens with zero attached hydrogens (tertiary/aromatic N) is 1. The summed E-state index contributed by atoms with van der Waals surface area (Å²) in [5.74, 6) is -0.366. The van der Waals surface area contributed by atoms with E-state index in [4.69, 9.17) is 26.8 Å². The second kappa shape index (κ2) is 5.40. The normalized spacial score (nSPS) is 19.3. The molecule has 0 amide bonds. The summed E-state index contributed by atoms with van der Waals surface area (Å²) in [4.78, 5) is 4.11. The Balaban J connectivity index is 2.27. The number of aliphatic imine (C=N–C) groups is 1. The summed E-state index contributed by atoms with van der Waals surface area (Å²) in [6, 6.07) is 7.21. The van der Waals surface area contributed by atoms with Gasteiger partial charge in [-0.05, 0) is 24.3 Å². The fraction of sp³-hybridized carbons (Fsp3) is 0.188. The number of fused-ring (bicyclic) bond motifs is 1. The van der Waals surface area contributed by atoms with Crippen LogP contribution in [0, 0.1) is 5.82 Å². The molecule has 120 valence electrons. The largest absolute Gasteiger partial charge is 0.493 e. The van der Waals surface area contributed by atoms with E-state index < -0.39 is 11.4 Å². The second-order valence-electron chi connectivity index (χ2n) is 5.06. The molecule has 0 fully saturated rings. The molecule has 7 heteroatoms. The number of halogens is 2. The average Bonchev–Trinajstić information content (AvgIpc) is 2.79. The zero-order valence-electron chi connectivity index (χ0n) is 12.4. The number of benzene rings is 2. The zero-order valence-corrected chi connectivity index (χ0v) is 13.2. The predicted molar refractivity (Wildman–Crippen MR) is 85.2 cm³/mol. The minimum atomic E-state index is -1.93. The summed E-state index contributed by atoms with van der Waals surface area (Å²) in [7, 11) is 2.81. The highest BCUT2D eigenvalue weighted by Crippen LogP contribution is 2.45. The van der Waals surface area contributed by atoms with Crippen molar-refractivity contribution in [1.29, 1.82) is 0 Å². The number of hydrogen-bond donors (Lipinski definition) is 2. The number of aliphatic hydroxyl groups is 1. The minimum absolute atomic E-state index is 0.0857. The fourth-order valence-electron chi connectivity index (χ4n) is 2.66. The highest BCUT2D eigenvalue weighted by atomic mass is 35.5. The van der Waals surface area contributed by atoms with Gasteiger partial charge in [0.25, 0.3) is 0 Å². The molecular formula is C16H14ClFN2O3. The Kier molecular flexibility index (Phi) is 3.66. The van der Waals surface area contributed by atoms with Crippen LogP contribution in [0.25, 0.3) is 0 Å². The van der Waals surface area contributed by atoms with Gasteiger partial charge in [-0.3, -0.25) is 0 Å². The molecule has 0 spiro atoms. The first-order valence-corrected chi connectivity index (χ1v) is 7.08. The van der Waals surface area contributed by atoms with E-state index in [9.17, 15) is 9.50 Å². The van der Waals surface area contributed by atoms with Crippen LogP contribution in [0.2, 0.25) is 5.02 Å². The molecule has 1 aliphatic rings. The first-order chi connectivity index (χ1) is 10.9. The topological polar surface area (TPSA) is 77.1 Å². The van der Waals surface area contributed by atoms with Crippen molar-refractivity contribution in [1.82, 2.24) is 0 Å². The molecular weight excluding hydrogens is 323 g/mol. The predicted octanol–water partition coefficient (Wildman–Crippen LogP) is 2.73. The van der Waals surface area contributed by atoms with E-state index in [0.717, 1.165) is 6.07 Å². The SMILES string of the molecule is COc1cc(F)c(C2(O)C(N)=Nc3ccc(Cl)cc32)cc1OC. The molecule has 1 atom stereocenters. The van der Waals surface area contributed by atoms with Crippen LogP contribution in [0.1, 0.15) is 11.1 Å². The Hall–Kier alpha value is -2.31. The maximum absolute atomic E-state index is 14.6. The van der Waals surface area contributed by atoms with Crippen LogP contribution in [0.5, 0.6) is 11.5 Å². The first-order valence-electron chi connectivity index (χ1n) is 6.70. The molecule has 0 aromatic heterocycles. The molecule has 3 N–H and O–H groups in total. The standard InChI is InChI=1S/C16H14ClFN2O3/c1-22-13-6-9(11(18)7-14(13)23-2)16(21)10-5-8(17)3-4-12(10)20-15(16)19/h3-7,21H,1-2H3,(H2,19,20). The van der Waals surface area contributed by atoms with Gasteiger partial charge in [-0.15, -0.1) is 0 Å². The van der Waals surface area contributed by atoms with E-state index in [1.807, 2.05) is 0 Å². The van der Waals surface area contributed by atoms with E-state index in [0.29, 0.717) is 16.3 Å². The number of methoxy groups -OCH3 is 2. The maximum Gasteiger partial charge on any atom is 0.177 e. The van der Waals surface area contributed by atoms with Gasteiger partial charge in [-0.25, -0.2) is 9.38 Å². The minimum Gasteiger partial charge on any atom is -0.493 e. The number of hydrogen-bond acceptors (Lipinski definition) is 5. The van der Waals surface area contributed by atoms with Gasteiger partial charge in [-0.1, -0.05) is 11.6 Å². The van der Waals surface area contributed by atoms with Gasteiger partial charge in [-0.2, -0.15) is 0 Å². The molecule has 23 heavy (non-hydrogen) atoms. The maximum atomic E-state index is 14.6. The van der Waals surface area contributed by atoms with Gasteiger partial charge in [0.05, 0.1) is 19.9 Å².